The number of carbonyl (C=O) groups is 1. The molecule has 3 aromatic rings. The molecule has 2 aliphatic rings. The highest BCUT2D eigenvalue weighted by Crippen LogP contribution is 2.29. The average Bonchev–Trinajstić information content (AvgIpc) is 3.28. The van der Waals surface area contributed by atoms with Gasteiger partial charge in [-0.2, -0.15) is 17.0 Å². The molecule has 0 N–H and O–H groups in total. The Morgan fingerprint density at radius 3 is 2.26 bits per heavy atom. The number of aromatic nitrogens is 1. The standard InChI is InChI=1S/C25H25ClN4O3S/c1-18-14-21(8-9-27-18)19-2-4-20(5-3-19)25(31)28-10-12-29(13-11-28)34(32,33)30-16-22-6-7-24(26)15-23(22)17-30/h2-9,14-15H,10-13,16-17H2,1H3. The number of aryl methyl sites for hydroxylation is 1. The van der Waals surface area contributed by atoms with Crippen LogP contribution in [0.5, 0.6) is 0 Å². The molecule has 34 heavy (non-hydrogen) atoms. The molecule has 2 aliphatic heterocycles. The zero-order valence-corrected chi connectivity index (χ0v) is 20.4. The zero-order chi connectivity index (χ0) is 23.9. The van der Waals surface area contributed by atoms with E-state index in [2.05, 4.69) is 4.98 Å². The maximum atomic E-state index is 13.2. The summed E-state index contributed by atoms with van der Waals surface area (Å²) in [4.78, 5) is 19.0. The third-order valence-corrected chi connectivity index (χ3v) is 8.57. The van der Waals surface area contributed by atoms with Crippen LogP contribution < -0.4 is 0 Å². The SMILES string of the molecule is Cc1cc(-c2ccc(C(=O)N3CCN(S(=O)(=O)N4Cc5ccc(Cl)cc5C4)CC3)cc2)ccn1. The molecule has 3 heterocycles. The molecule has 1 aromatic heterocycles. The lowest BCUT2D eigenvalue weighted by Gasteiger charge is -2.35. The van der Waals surface area contributed by atoms with E-state index in [-0.39, 0.29) is 19.0 Å². The summed E-state index contributed by atoms with van der Waals surface area (Å²) < 4.78 is 29.3. The van der Waals surface area contributed by atoms with Crippen LogP contribution in [-0.4, -0.2) is 59.0 Å². The summed E-state index contributed by atoms with van der Waals surface area (Å²) in [6.07, 6.45) is 1.77. The Kier molecular flexibility index (Phi) is 6.16. The minimum atomic E-state index is -3.62. The van der Waals surface area contributed by atoms with Crippen molar-refractivity contribution >= 4 is 27.7 Å². The predicted molar refractivity (Wildman–Crippen MR) is 132 cm³/mol. The Bertz CT molecular complexity index is 1340. The van der Waals surface area contributed by atoms with Gasteiger partial charge in [-0.3, -0.25) is 9.78 Å². The first-order valence-electron chi connectivity index (χ1n) is 11.2. The van der Waals surface area contributed by atoms with Crippen molar-refractivity contribution in [1.29, 1.82) is 0 Å². The number of halogens is 1. The van der Waals surface area contributed by atoms with Crippen molar-refractivity contribution in [1.82, 2.24) is 18.5 Å². The molecule has 1 saturated heterocycles. The maximum absolute atomic E-state index is 13.2. The van der Waals surface area contributed by atoms with Crippen molar-refractivity contribution in [2.45, 2.75) is 20.0 Å². The number of amides is 1. The number of rotatable bonds is 4. The number of hydrogen-bond acceptors (Lipinski definition) is 4. The lowest BCUT2D eigenvalue weighted by Crippen LogP contribution is -2.53. The second kappa shape index (κ2) is 9.11. The van der Waals surface area contributed by atoms with Crippen LogP contribution in [0.2, 0.25) is 5.02 Å². The smallest absolute Gasteiger partial charge is 0.282 e. The number of pyridine rings is 1. The van der Waals surface area contributed by atoms with Crippen LogP contribution in [0.15, 0.2) is 60.8 Å². The highest BCUT2D eigenvalue weighted by molar-refractivity contribution is 7.86. The molecule has 0 radical (unpaired) electrons. The average molecular weight is 497 g/mol. The monoisotopic (exact) mass is 496 g/mol. The van der Waals surface area contributed by atoms with Crippen LogP contribution >= 0.6 is 11.6 Å². The van der Waals surface area contributed by atoms with E-state index in [9.17, 15) is 13.2 Å². The Morgan fingerprint density at radius 1 is 0.853 bits per heavy atom. The molecule has 5 rings (SSSR count). The molecule has 0 spiro atoms. The Labute approximate surface area is 204 Å². The van der Waals surface area contributed by atoms with Crippen LogP contribution in [0.4, 0.5) is 0 Å². The highest BCUT2D eigenvalue weighted by atomic mass is 35.5. The molecule has 9 heteroatoms. The maximum Gasteiger partial charge on any atom is 0.282 e. The predicted octanol–water partition coefficient (Wildman–Crippen LogP) is 3.73. The molecule has 0 saturated carbocycles. The first-order chi connectivity index (χ1) is 16.3. The van der Waals surface area contributed by atoms with Crippen LogP contribution in [0.1, 0.15) is 27.2 Å². The fourth-order valence-electron chi connectivity index (χ4n) is 4.49. The summed E-state index contributed by atoms with van der Waals surface area (Å²) >= 11 is 6.06. The Balaban J connectivity index is 1.21. The van der Waals surface area contributed by atoms with Crippen molar-refractivity contribution in [3.05, 3.63) is 88.2 Å². The molecule has 0 aliphatic carbocycles. The van der Waals surface area contributed by atoms with Gasteiger partial charge in [-0.1, -0.05) is 29.8 Å². The third-order valence-electron chi connectivity index (χ3n) is 6.40. The summed E-state index contributed by atoms with van der Waals surface area (Å²) in [6.45, 7) is 3.87. The number of nitrogens with zero attached hydrogens (tertiary/aromatic N) is 4. The summed E-state index contributed by atoms with van der Waals surface area (Å²) in [7, 11) is -3.62. The van der Waals surface area contributed by atoms with Crippen molar-refractivity contribution in [2.24, 2.45) is 0 Å². The van der Waals surface area contributed by atoms with Crippen LogP contribution in [0.25, 0.3) is 11.1 Å². The van der Waals surface area contributed by atoms with Crippen LogP contribution in [0, 0.1) is 6.92 Å². The number of hydrogen-bond donors (Lipinski definition) is 0. The van der Waals surface area contributed by atoms with E-state index in [1.165, 1.54) is 8.61 Å². The highest BCUT2D eigenvalue weighted by Gasteiger charge is 2.36. The van der Waals surface area contributed by atoms with E-state index < -0.39 is 10.2 Å². The molecule has 1 fully saturated rings. The summed E-state index contributed by atoms with van der Waals surface area (Å²) in [5.41, 5.74) is 5.52. The molecule has 176 valence electrons. The minimum Gasteiger partial charge on any atom is -0.336 e. The van der Waals surface area contributed by atoms with Gasteiger partial charge in [0.25, 0.3) is 16.1 Å². The normalized spacial score (nSPS) is 17.1. The van der Waals surface area contributed by atoms with E-state index in [0.717, 1.165) is 27.9 Å². The van der Waals surface area contributed by atoms with E-state index in [1.807, 2.05) is 55.5 Å². The second-order valence-electron chi connectivity index (χ2n) is 8.64. The van der Waals surface area contributed by atoms with E-state index in [1.54, 1.807) is 17.2 Å². The molecular formula is C25H25ClN4O3S. The zero-order valence-electron chi connectivity index (χ0n) is 18.8. The van der Waals surface area contributed by atoms with Crippen LogP contribution in [0.3, 0.4) is 0 Å². The molecule has 0 unspecified atom stereocenters. The first kappa shape index (κ1) is 23.0. The largest absolute Gasteiger partial charge is 0.336 e. The fourth-order valence-corrected chi connectivity index (χ4v) is 6.24. The van der Waals surface area contributed by atoms with Gasteiger partial charge in [0, 0.05) is 61.7 Å². The van der Waals surface area contributed by atoms with Gasteiger partial charge in [0.05, 0.1) is 0 Å². The van der Waals surface area contributed by atoms with Crippen molar-refractivity contribution < 1.29 is 13.2 Å². The molecule has 1 amide bonds. The Hall–Kier alpha value is -2.78. The van der Waals surface area contributed by atoms with Gasteiger partial charge in [-0.25, -0.2) is 0 Å². The lowest BCUT2D eigenvalue weighted by molar-refractivity contribution is 0.0694. The number of benzene rings is 2. The molecular weight excluding hydrogens is 472 g/mol. The molecule has 0 atom stereocenters. The van der Waals surface area contributed by atoms with Crippen molar-refractivity contribution in [3.63, 3.8) is 0 Å². The minimum absolute atomic E-state index is 0.0854. The van der Waals surface area contributed by atoms with Gasteiger partial charge in [0.15, 0.2) is 0 Å². The third kappa shape index (κ3) is 4.46. The summed E-state index contributed by atoms with van der Waals surface area (Å²) in [5, 5.41) is 0.606. The van der Waals surface area contributed by atoms with Crippen LogP contribution in [-0.2, 0) is 23.3 Å². The number of fused-ring (bicyclic) bond motifs is 1. The van der Waals surface area contributed by atoms with Gasteiger partial charge in [-0.15, -0.1) is 0 Å². The number of piperazine rings is 1. The summed E-state index contributed by atoms with van der Waals surface area (Å²) in [6, 6.07) is 16.9. The van der Waals surface area contributed by atoms with E-state index in [0.29, 0.717) is 36.8 Å². The van der Waals surface area contributed by atoms with E-state index >= 15 is 0 Å². The molecule has 2 aromatic carbocycles. The van der Waals surface area contributed by atoms with Gasteiger partial charge in [0.1, 0.15) is 0 Å². The lowest BCUT2D eigenvalue weighted by atomic mass is 10.0. The van der Waals surface area contributed by atoms with Gasteiger partial charge in [-0.05, 0) is 65.6 Å². The second-order valence-corrected chi connectivity index (χ2v) is 11.0. The fraction of sp³-hybridized carbons (Fsp3) is 0.280. The van der Waals surface area contributed by atoms with Gasteiger partial charge < -0.3 is 4.90 Å². The summed E-state index contributed by atoms with van der Waals surface area (Å²) in [5.74, 6) is -0.0854. The molecule has 7 nitrogen and oxygen atoms in total. The van der Waals surface area contributed by atoms with Gasteiger partial charge >= 0.3 is 0 Å². The van der Waals surface area contributed by atoms with E-state index in [4.69, 9.17) is 11.6 Å². The van der Waals surface area contributed by atoms with Crippen molar-refractivity contribution in [2.75, 3.05) is 26.2 Å². The number of carbonyl (C=O) groups excluding carboxylic acids is 1. The molecule has 0 bridgehead atoms. The van der Waals surface area contributed by atoms with Gasteiger partial charge in [0.2, 0.25) is 0 Å². The topological polar surface area (TPSA) is 73.8 Å². The first-order valence-corrected chi connectivity index (χ1v) is 12.9. The Morgan fingerprint density at radius 2 is 1.56 bits per heavy atom. The van der Waals surface area contributed by atoms with Crippen molar-refractivity contribution in [3.8, 4) is 11.1 Å². The quantitative estimate of drug-likeness (QED) is 0.551.